The Labute approximate surface area is 77.6 Å². The second-order valence-electron chi connectivity index (χ2n) is 3.13. The molecule has 0 aromatic heterocycles. The molecule has 4 nitrogen and oxygen atoms in total. The molecule has 1 fully saturated rings. The van der Waals surface area contributed by atoms with Gasteiger partial charge in [0.25, 0.3) is 0 Å². The van der Waals surface area contributed by atoms with Crippen LogP contribution in [0.15, 0.2) is 0 Å². The minimum atomic E-state index is -0.267. The lowest BCUT2D eigenvalue weighted by atomic mass is 10.2. The van der Waals surface area contributed by atoms with Crippen molar-refractivity contribution in [3.05, 3.63) is 0 Å². The number of carbonyl (C=O) groups is 2. The molecule has 1 amide bonds. The summed E-state index contributed by atoms with van der Waals surface area (Å²) in [5.74, 6) is -0.323. The normalized spacial score (nSPS) is 21.2. The van der Waals surface area contributed by atoms with E-state index in [1.807, 2.05) is 0 Å². The summed E-state index contributed by atoms with van der Waals surface area (Å²) < 4.78 is 4.90. The van der Waals surface area contributed by atoms with Gasteiger partial charge >= 0.3 is 5.97 Å². The molecule has 1 aliphatic rings. The maximum Gasteiger partial charge on any atom is 0.306 e. The molecule has 0 aromatic rings. The van der Waals surface area contributed by atoms with Crippen LogP contribution < -0.4 is 5.32 Å². The third-order valence-corrected chi connectivity index (χ3v) is 1.96. The summed E-state index contributed by atoms with van der Waals surface area (Å²) in [6.45, 7) is 1.21. The summed E-state index contributed by atoms with van der Waals surface area (Å²) in [6.07, 6.45) is 3.29. The van der Waals surface area contributed by atoms with E-state index >= 15 is 0 Å². The van der Waals surface area contributed by atoms with Crippen LogP contribution in [0.2, 0.25) is 0 Å². The van der Waals surface area contributed by atoms with Gasteiger partial charge in [0.05, 0.1) is 13.0 Å². The molecule has 1 N–H and O–H groups in total. The van der Waals surface area contributed by atoms with Gasteiger partial charge in [0.1, 0.15) is 0 Å². The molecule has 1 saturated heterocycles. The van der Waals surface area contributed by atoms with Gasteiger partial charge in [0.2, 0.25) is 5.91 Å². The highest BCUT2D eigenvalue weighted by atomic mass is 16.5. The number of ether oxygens (including phenoxy) is 1. The van der Waals surface area contributed by atoms with Crippen molar-refractivity contribution in [1.82, 2.24) is 5.32 Å². The van der Waals surface area contributed by atoms with Crippen molar-refractivity contribution in [1.29, 1.82) is 0 Å². The Hall–Kier alpha value is -1.06. The van der Waals surface area contributed by atoms with Gasteiger partial charge in [-0.2, -0.15) is 0 Å². The second kappa shape index (κ2) is 5.56. The second-order valence-corrected chi connectivity index (χ2v) is 3.13. The van der Waals surface area contributed by atoms with Gasteiger partial charge in [0.15, 0.2) is 0 Å². The molecule has 0 unspecified atom stereocenters. The summed E-state index contributed by atoms with van der Waals surface area (Å²) >= 11 is 0. The van der Waals surface area contributed by atoms with E-state index in [9.17, 15) is 9.59 Å². The van der Waals surface area contributed by atoms with E-state index in [-0.39, 0.29) is 24.7 Å². The van der Waals surface area contributed by atoms with Crippen LogP contribution >= 0.6 is 0 Å². The van der Waals surface area contributed by atoms with E-state index in [1.165, 1.54) is 0 Å². The van der Waals surface area contributed by atoms with Gasteiger partial charge in [-0.3, -0.25) is 9.59 Å². The highest BCUT2D eigenvalue weighted by Gasteiger charge is 2.08. The average molecular weight is 185 g/mol. The van der Waals surface area contributed by atoms with E-state index in [2.05, 4.69) is 5.32 Å². The standard InChI is InChI=1S/C9H15NO3/c11-8-4-5-9(12)13-7-3-1-2-6-10-8/h1-7H2,(H,10,11). The Kier molecular flexibility index (Phi) is 4.29. The van der Waals surface area contributed by atoms with E-state index < -0.39 is 0 Å². The van der Waals surface area contributed by atoms with Crippen molar-refractivity contribution in [2.45, 2.75) is 32.1 Å². The maximum absolute atomic E-state index is 11.0. The Bertz CT molecular complexity index is 171. The van der Waals surface area contributed by atoms with Gasteiger partial charge in [-0.05, 0) is 19.3 Å². The monoisotopic (exact) mass is 185 g/mol. The number of cyclic esters (lactones) is 1. The van der Waals surface area contributed by atoms with Crippen molar-refractivity contribution in [3.63, 3.8) is 0 Å². The number of carbonyl (C=O) groups excluding carboxylic acids is 2. The van der Waals surface area contributed by atoms with Gasteiger partial charge in [0, 0.05) is 13.0 Å². The molecule has 4 heteroatoms. The van der Waals surface area contributed by atoms with E-state index in [4.69, 9.17) is 4.74 Å². The first kappa shape index (κ1) is 10.0. The lowest BCUT2D eigenvalue weighted by molar-refractivity contribution is -0.145. The van der Waals surface area contributed by atoms with Crippen LogP contribution in [0.3, 0.4) is 0 Å². The van der Waals surface area contributed by atoms with Crippen molar-refractivity contribution in [3.8, 4) is 0 Å². The Morgan fingerprint density at radius 1 is 1.08 bits per heavy atom. The third-order valence-electron chi connectivity index (χ3n) is 1.96. The Balaban J connectivity index is 2.32. The predicted molar refractivity (Wildman–Crippen MR) is 47.1 cm³/mol. The first-order valence-electron chi connectivity index (χ1n) is 4.71. The summed E-state index contributed by atoms with van der Waals surface area (Å²) in [7, 11) is 0. The van der Waals surface area contributed by atoms with Gasteiger partial charge < -0.3 is 10.1 Å². The number of amides is 1. The zero-order valence-corrected chi connectivity index (χ0v) is 7.67. The third kappa shape index (κ3) is 4.50. The lowest BCUT2D eigenvalue weighted by Crippen LogP contribution is -2.24. The summed E-state index contributed by atoms with van der Waals surface area (Å²) in [6, 6.07) is 0. The molecule has 1 rings (SSSR count). The number of esters is 1. The molecule has 0 radical (unpaired) electrons. The first-order chi connectivity index (χ1) is 6.29. The van der Waals surface area contributed by atoms with E-state index in [0.717, 1.165) is 19.3 Å². The molecule has 13 heavy (non-hydrogen) atoms. The fraction of sp³-hybridized carbons (Fsp3) is 0.778. The highest BCUT2D eigenvalue weighted by molar-refractivity contribution is 5.81. The van der Waals surface area contributed by atoms with Gasteiger partial charge in [-0.25, -0.2) is 0 Å². The fourth-order valence-corrected chi connectivity index (χ4v) is 1.19. The minimum Gasteiger partial charge on any atom is -0.466 e. The Morgan fingerprint density at radius 3 is 2.77 bits per heavy atom. The number of nitrogens with one attached hydrogen (secondary N) is 1. The molecule has 1 aliphatic heterocycles. The van der Waals surface area contributed by atoms with Crippen molar-refractivity contribution in [2.24, 2.45) is 0 Å². The molecule has 74 valence electrons. The van der Waals surface area contributed by atoms with Crippen LogP contribution in [-0.4, -0.2) is 25.0 Å². The van der Waals surface area contributed by atoms with Gasteiger partial charge in [-0.15, -0.1) is 0 Å². The molecule has 0 aliphatic carbocycles. The van der Waals surface area contributed by atoms with Crippen LogP contribution in [0.5, 0.6) is 0 Å². The topological polar surface area (TPSA) is 55.4 Å². The number of hydrogen-bond acceptors (Lipinski definition) is 3. The van der Waals surface area contributed by atoms with Crippen molar-refractivity contribution >= 4 is 11.9 Å². The quantitative estimate of drug-likeness (QED) is 0.562. The van der Waals surface area contributed by atoms with Crippen LogP contribution in [0.1, 0.15) is 32.1 Å². The lowest BCUT2D eigenvalue weighted by Gasteiger charge is -2.01. The molecular formula is C9H15NO3. The summed E-state index contributed by atoms with van der Waals surface area (Å²) in [5.41, 5.74) is 0. The molecule has 0 spiro atoms. The molecule has 0 bridgehead atoms. The van der Waals surface area contributed by atoms with Crippen LogP contribution in [0, 0.1) is 0 Å². The average Bonchev–Trinajstić information content (AvgIpc) is 2.15. The molecule has 0 aromatic carbocycles. The molecule has 0 saturated carbocycles. The molecule has 0 atom stereocenters. The zero-order valence-electron chi connectivity index (χ0n) is 7.67. The largest absolute Gasteiger partial charge is 0.466 e. The summed E-state index contributed by atoms with van der Waals surface area (Å²) in [4.78, 5) is 22.0. The SMILES string of the molecule is O=C1CCC(=O)OCCCCCN1. The first-order valence-corrected chi connectivity index (χ1v) is 4.71. The molecule has 1 heterocycles. The summed E-state index contributed by atoms with van der Waals surface area (Å²) in [5, 5.41) is 2.75. The predicted octanol–water partition coefficient (Wildman–Crippen LogP) is 0.610. The van der Waals surface area contributed by atoms with Gasteiger partial charge in [-0.1, -0.05) is 0 Å². The zero-order chi connectivity index (χ0) is 9.52. The Morgan fingerprint density at radius 2 is 1.92 bits per heavy atom. The number of rotatable bonds is 0. The maximum atomic E-state index is 11.0. The van der Waals surface area contributed by atoms with Crippen molar-refractivity contribution < 1.29 is 14.3 Å². The van der Waals surface area contributed by atoms with E-state index in [0.29, 0.717) is 13.2 Å². The van der Waals surface area contributed by atoms with Crippen LogP contribution in [0.25, 0.3) is 0 Å². The smallest absolute Gasteiger partial charge is 0.306 e. The van der Waals surface area contributed by atoms with Crippen molar-refractivity contribution in [2.75, 3.05) is 13.2 Å². The molecular weight excluding hydrogens is 170 g/mol. The fourth-order valence-electron chi connectivity index (χ4n) is 1.19. The van der Waals surface area contributed by atoms with Crippen LogP contribution in [-0.2, 0) is 14.3 Å². The van der Waals surface area contributed by atoms with Crippen LogP contribution in [0.4, 0.5) is 0 Å². The number of hydrogen-bond donors (Lipinski definition) is 1. The van der Waals surface area contributed by atoms with E-state index in [1.54, 1.807) is 0 Å². The highest BCUT2D eigenvalue weighted by Crippen LogP contribution is 2.00. The minimum absolute atomic E-state index is 0.0566.